The lowest BCUT2D eigenvalue weighted by molar-refractivity contribution is -0.115. The fourth-order valence-corrected chi connectivity index (χ4v) is 3.32. The van der Waals surface area contributed by atoms with Crippen LogP contribution in [0.2, 0.25) is 5.02 Å². The number of rotatable bonds is 4. The van der Waals surface area contributed by atoms with E-state index in [1.807, 2.05) is 19.9 Å². The van der Waals surface area contributed by atoms with E-state index in [0.717, 1.165) is 16.9 Å². The van der Waals surface area contributed by atoms with Crippen LogP contribution in [-0.4, -0.2) is 35.0 Å². The first-order valence-electron chi connectivity index (χ1n) is 8.48. The number of nitrogen functional groups attached to an aromatic ring is 1. The summed E-state index contributed by atoms with van der Waals surface area (Å²) in [5, 5.41) is 7.49. The summed E-state index contributed by atoms with van der Waals surface area (Å²) in [6, 6.07) is 5.31. The highest BCUT2D eigenvalue weighted by molar-refractivity contribution is 6.32. The van der Waals surface area contributed by atoms with Gasteiger partial charge in [0.2, 0.25) is 11.9 Å². The number of nitrogens with two attached hydrogens (primary N) is 1. The molecule has 142 valence electrons. The fourth-order valence-electron chi connectivity index (χ4n) is 3.04. The Bertz CT molecular complexity index is 1180. The van der Waals surface area contributed by atoms with Crippen LogP contribution < -0.4 is 11.1 Å². The van der Waals surface area contributed by atoms with Gasteiger partial charge in [0.15, 0.2) is 0 Å². The zero-order valence-electron chi connectivity index (χ0n) is 15.2. The topological polar surface area (TPSA) is 116 Å². The Morgan fingerprint density at radius 2 is 2.11 bits per heavy atom. The van der Waals surface area contributed by atoms with Crippen molar-refractivity contribution < 1.29 is 4.79 Å². The summed E-state index contributed by atoms with van der Waals surface area (Å²) in [5.41, 5.74) is 9.29. The number of carbonyl (C=O) groups excluding carboxylic acids is 1. The molecule has 0 aliphatic heterocycles. The summed E-state index contributed by atoms with van der Waals surface area (Å²) in [6.07, 6.45) is 5.27. The van der Waals surface area contributed by atoms with Crippen LogP contribution in [0.25, 0.3) is 11.5 Å². The number of fused-ring (bicyclic) bond motifs is 1. The van der Waals surface area contributed by atoms with E-state index in [-0.39, 0.29) is 18.3 Å². The number of amides is 1. The second-order valence-corrected chi connectivity index (χ2v) is 6.71. The van der Waals surface area contributed by atoms with Crippen LogP contribution in [0.3, 0.4) is 0 Å². The SMILES string of the molecule is Cc1nc2nc(N)nn2c(C)c1CC(=O)Nc1ccc(-n2ccnc2)c(Cl)c1. The van der Waals surface area contributed by atoms with Gasteiger partial charge in [-0.05, 0) is 32.0 Å². The number of anilines is 2. The summed E-state index contributed by atoms with van der Waals surface area (Å²) in [7, 11) is 0. The van der Waals surface area contributed by atoms with Gasteiger partial charge in [0.05, 0.1) is 23.5 Å². The molecule has 28 heavy (non-hydrogen) atoms. The van der Waals surface area contributed by atoms with Crippen molar-refractivity contribution in [2.45, 2.75) is 20.3 Å². The highest BCUT2D eigenvalue weighted by atomic mass is 35.5. The predicted octanol–water partition coefficient (Wildman–Crippen LogP) is 2.34. The number of aryl methyl sites for hydroxylation is 2. The molecule has 9 nitrogen and oxygen atoms in total. The minimum absolute atomic E-state index is 0.140. The van der Waals surface area contributed by atoms with E-state index >= 15 is 0 Å². The third kappa shape index (κ3) is 3.27. The quantitative estimate of drug-likeness (QED) is 0.547. The molecule has 0 fully saturated rings. The molecule has 3 N–H and O–H groups in total. The third-order valence-electron chi connectivity index (χ3n) is 4.42. The highest BCUT2D eigenvalue weighted by Crippen LogP contribution is 2.24. The molecule has 0 aliphatic rings. The maximum atomic E-state index is 12.6. The highest BCUT2D eigenvalue weighted by Gasteiger charge is 2.16. The van der Waals surface area contributed by atoms with Crippen molar-refractivity contribution in [1.82, 2.24) is 29.1 Å². The zero-order valence-corrected chi connectivity index (χ0v) is 16.0. The lowest BCUT2D eigenvalue weighted by Gasteiger charge is -2.12. The molecule has 4 aromatic rings. The van der Waals surface area contributed by atoms with Gasteiger partial charge in [-0.15, -0.1) is 5.10 Å². The van der Waals surface area contributed by atoms with Crippen molar-refractivity contribution in [3.05, 3.63) is 58.9 Å². The van der Waals surface area contributed by atoms with Gasteiger partial charge in [-0.3, -0.25) is 4.79 Å². The zero-order chi connectivity index (χ0) is 19.8. The third-order valence-corrected chi connectivity index (χ3v) is 4.72. The standard InChI is InChI=1S/C18H17ClN8O/c1-10-13(11(2)27-18(22-10)24-17(20)25-27)8-16(28)23-12-3-4-15(14(19)7-12)26-6-5-21-9-26/h3-7,9H,8H2,1-2H3,(H2,20,25)(H,23,28). The second kappa shape index (κ2) is 6.93. The van der Waals surface area contributed by atoms with Crippen molar-refractivity contribution in [3.63, 3.8) is 0 Å². The fraction of sp³-hybridized carbons (Fsp3) is 0.167. The van der Waals surface area contributed by atoms with Crippen LogP contribution in [0, 0.1) is 13.8 Å². The molecular formula is C18H17ClN8O. The first-order chi connectivity index (χ1) is 13.4. The van der Waals surface area contributed by atoms with Gasteiger partial charge >= 0.3 is 0 Å². The number of hydrogen-bond acceptors (Lipinski definition) is 6. The van der Waals surface area contributed by atoms with Crippen molar-refractivity contribution in [2.24, 2.45) is 0 Å². The van der Waals surface area contributed by atoms with Gasteiger partial charge in [0.25, 0.3) is 5.78 Å². The summed E-state index contributed by atoms with van der Waals surface area (Å²) >= 11 is 6.34. The predicted molar refractivity (Wildman–Crippen MR) is 106 cm³/mol. The van der Waals surface area contributed by atoms with Gasteiger partial charge in [0, 0.05) is 35.0 Å². The molecular weight excluding hydrogens is 380 g/mol. The van der Waals surface area contributed by atoms with E-state index in [1.54, 1.807) is 39.9 Å². The largest absolute Gasteiger partial charge is 0.366 e. The minimum Gasteiger partial charge on any atom is -0.366 e. The maximum absolute atomic E-state index is 12.6. The number of aromatic nitrogens is 6. The number of carbonyl (C=O) groups is 1. The smallest absolute Gasteiger partial charge is 0.254 e. The van der Waals surface area contributed by atoms with Gasteiger partial charge < -0.3 is 15.6 Å². The van der Waals surface area contributed by atoms with E-state index in [1.165, 1.54) is 0 Å². The minimum atomic E-state index is -0.188. The molecule has 3 aromatic heterocycles. The molecule has 0 spiro atoms. The average molecular weight is 397 g/mol. The maximum Gasteiger partial charge on any atom is 0.254 e. The molecule has 0 atom stereocenters. The van der Waals surface area contributed by atoms with Crippen LogP contribution in [0.4, 0.5) is 11.6 Å². The second-order valence-electron chi connectivity index (χ2n) is 6.30. The molecule has 4 rings (SSSR count). The van der Waals surface area contributed by atoms with Crippen molar-refractivity contribution in [2.75, 3.05) is 11.1 Å². The summed E-state index contributed by atoms with van der Waals surface area (Å²) < 4.78 is 3.34. The van der Waals surface area contributed by atoms with Crippen molar-refractivity contribution in [3.8, 4) is 5.69 Å². The van der Waals surface area contributed by atoms with Gasteiger partial charge in [-0.25, -0.2) is 9.97 Å². The summed E-state index contributed by atoms with van der Waals surface area (Å²) in [6.45, 7) is 3.69. The lowest BCUT2D eigenvalue weighted by Crippen LogP contribution is -2.18. The first-order valence-corrected chi connectivity index (χ1v) is 8.86. The number of benzene rings is 1. The van der Waals surface area contributed by atoms with Crippen LogP contribution in [0.5, 0.6) is 0 Å². The van der Waals surface area contributed by atoms with Crippen LogP contribution in [-0.2, 0) is 11.2 Å². The number of hydrogen-bond donors (Lipinski definition) is 2. The number of halogens is 1. The van der Waals surface area contributed by atoms with Crippen LogP contribution in [0.15, 0.2) is 36.9 Å². The Hall–Kier alpha value is -3.46. The van der Waals surface area contributed by atoms with Gasteiger partial charge in [-0.1, -0.05) is 11.6 Å². The van der Waals surface area contributed by atoms with E-state index < -0.39 is 0 Å². The van der Waals surface area contributed by atoms with Crippen molar-refractivity contribution >= 4 is 34.9 Å². The normalized spacial score (nSPS) is 11.1. The monoisotopic (exact) mass is 396 g/mol. The Kier molecular flexibility index (Phi) is 4.44. The molecule has 0 saturated heterocycles. The van der Waals surface area contributed by atoms with E-state index in [2.05, 4.69) is 25.4 Å². The molecule has 0 saturated carbocycles. The Morgan fingerprint density at radius 3 is 2.82 bits per heavy atom. The number of nitrogens with one attached hydrogen (secondary N) is 1. The Balaban J connectivity index is 1.55. The molecule has 0 bridgehead atoms. The van der Waals surface area contributed by atoms with E-state index in [0.29, 0.717) is 22.2 Å². The van der Waals surface area contributed by atoms with E-state index in [9.17, 15) is 4.79 Å². The van der Waals surface area contributed by atoms with Gasteiger partial charge in [-0.2, -0.15) is 9.50 Å². The number of imidazole rings is 1. The van der Waals surface area contributed by atoms with Gasteiger partial charge in [0.1, 0.15) is 0 Å². The van der Waals surface area contributed by atoms with E-state index in [4.69, 9.17) is 17.3 Å². The number of nitrogens with zero attached hydrogens (tertiary/aromatic N) is 6. The Labute approximate surface area is 165 Å². The molecule has 3 heterocycles. The van der Waals surface area contributed by atoms with Crippen molar-refractivity contribution in [1.29, 1.82) is 0 Å². The molecule has 0 unspecified atom stereocenters. The summed E-state index contributed by atoms with van der Waals surface area (Å²) in [4.78, 5) is 25.0. The Morgan fingerprint density at radius 1 is 1.29 bits per heavy atom. The molecule has 1 aromatic carbocycles. The molecule has 10 heteroatoms. The molecule has 0 aliphatic carbocycles. The molecule has 1 amide bonds. The first kappa shape index (κ1) is 17.9. The summed E-state index contributed by atoms with van der Waals surface area (Å²) in [5.74, 6) is 0.370. The van der Waals surface area contributed by atoms with Crippen LogP contribution >= 0.6 is 11.6 Å². The average Bonchev–Trinajstić information content (AvgIpc) is 3.28. The lowest BCUT2D eigenvalue weighted by atomic mass is 10.1. The van der Waals surface area contributed by atoms with Crippen LogP contribution in [0.1, 0.15) is 17.0 Å². The molecule has 0 radical (unpaired) electrons.